The van der Waals surface area contributed by atoms with Crippen molar-refractivity contribution >= 4 is 17.4 Å². The number of aliphatic hydroxyl groups excluding tert-OH is 1. The Balaban J connectivity index is 2.27. The SMILES string of the molecule is COc1ccc(C2=C(O)C(=O)N(CCOC(C)C)C2=O)cc1OC. The number of hydrogen-bond donors (Lipinski definition) is 1. The highest BCUT2D eigenvalue weighted by molar-refractivity contribution is 6.34. The van der Waals surface area contributed by atoms with Gasteiger partial charge in [-0.15, -0.1) is 0 Å². The van der Waals surface area contributed by atoms with Crippen molar-refractivity contribution in [1.82, 2.24) is 4.90 Å². The van der Waals surface area contributed by atoms with Crippen molar-refractivity contribution in [3.05, 3.63) is 29.5 Å². The molecular weight excluding hydrogens is 314 g/mol. The number of imide groups is 1. The fourth-order valence-corrected chi connectivity index (χ4v) is 2.40. The second kappa shape index (κ2) is 7.35. The molecule has 1 aliphatic heterocycles. The van der Waals surface area contributed by atoms with Gasteiger partial charge in [-0.05, 0) is 31.5 Å². The van der Waals surface area contributed by atoms with Crippen LogP contribution < -0.4 is 9.47 Å². The van der Waals surface area contributed by atoms with Crippen molar-refractivity contribution in [1.29, 1.82) is 0 Å². The molecule has 1 aromatic rings. The summed E-state index contributed by atoms with van der Waals surface area (Å²) >= 11 is 0. The molecule has 2 amide bonds. The lowest BCUT2D eigenvalue weighted by atomic mass is 10.0. The van der Waals surface area contributed by atoms with E-state index in [0.717, 1.165) is 4.90 Å². The van der Waals surface area contributed by atoms with E-state index in [1.165, 1.54) is 14.2 Å². The number of carbonyl (C=O) groups excluding carboxylic acids is 2. The van der Waals surface area contributed by atoms with Gasteiger partial charge in [-0.25, -0.2) is 0 Å². The van der Waals surface area contributed by atoms with E-state index >= 15 is 0 Å². The molecule has 0 radical (unpaired) electrons. The molecule has 24 heavy (non-hydrogen) atoms. The molecule has 1 N–H and O–H groups in total. The minimum absolute atomic E-state index is 0.00955. The van der Waals surface area contributed by atoms with Crippen LogP contribution in [0.2, 0.25) is 0 Å². The van der Waals surface area contributed by atoms with Crippen LogP contribution in [0.1, 0.15) is 19.4 Å². The Labute approximate surface area is 140 Å². The van der Waals surface area contributed by atoms with Crippen LogP contribution in [0.4, 0.5) is 0 Å². The molecule has 1 aromatic carbocycles. The molecule has 0 bridgehead atoms. The van der Waals surface area contributed by atoms with Crippen molar-refractivity contribution in [2.24, 2.45) is 0 Å². The monoisotopic (exact) mass is 335 g/mol. The van der Waals surface area contributed by atoms with Gasteiger partial charge in [-0.1, -0.05) is 6.07 Å². The third-order valence-corrected chi connectivity index (χ3v) is 3.58. The summed E-state index contributed by atoms with van der Waals surface area (Å²) in [6.07, 6.45) is -0.00955. The first-order chi connectivity index (χ1) is 11.4. The van der Waals surface area contributed by atoms with E-state index in [0.29, 0.717) is 17.1 Å². The summed E-state index contributed by atoms with van der Waals surface area (Å²) in [5, 5.41) is 10.1. The van der Waals surface area contributed by atoms with E-state index < -0.39 is 17.6 Å². The van der Waals surface area contributed by atoms with E-state index in [1.807, 2.05) is 13.8 Å². The summed E-state index contributed by atoms with van der Waals surface area (Å²) in [4.78, 5) is 25.6. The molecule has 0 saturated heterocycles. The molecule has 0 unspecified atom stereocenters. The number of methoxy groups -OCH3 is 2. The number of nitrogens with zero attached hydrogens (tertiary/aromatic N) is 1. The molecule has 0 aliphatic carbocycles. The van der Waals surface area contributed by atoms with Crippen molar-refractivity contribution in [2.45, 2.75) is 20.0 Å². The van der Waals surface area contributed by atoms with Crippen LogP contribution in [0.3, 0.4) is 0 Å². The third kappa shape index (κ3) is 3.35. The fraction of sp³-hybridized carbons (Fsp3) is 0.412. The van der Waals surface area contributed by atoms with Crippen molar-refractivity contribution < 1.29 is 28.9 Å². The Morgan fingerprint density at radius 3 is 2.33 bits per heavy atom. The molecule has 0 aromatic heterocycles. The average Bonchev–Trinajstić information content (AvgIpc) is 2.77. The van der Waals surface area contributed by atoms with Gasteiger partial charge in [0.05, 0.1) is 39.0 Å². The van der Waals surface area contributed by atoms with Gasteiger partial charge in [0.25, 0.3) is 11.8 Å². The summed E-state index contributed by atoms with van der Waals surface area (Å²) < 4.78 is 15.7. The molecule has 7 heteroatoms. The molecule has 2 rings (SSSR count). The van der Waals surface area contributed by atoms with Gasteiger partial charge in [-0.3, -0.25) is 14.5 Å². The van der Waals surface area contributed by atoms with Crippen molar-refractivity contribution in [3.63, 3.8) is 0 Å². The fourth-order valence-electron chi connectivity index (χ4n) is 2.40. The van der Waals surface area contributed by atoms with Crippen LogP contribution >= 0.6 is 0 Å². The predicted octanol–water partition coefficient (Wildman–Crippen LogP) is 1.77. The van der Waals surface area contributed by atoms with Crippen LogP contribution in [0.5, 0.6) is 11.5 Å². The summed E-state index contributed by atoms with van der Waals surface area (Å²) in [5.41, 5.74) is 0.335. The quantitative estimate of drug-likeness (QED) is 0.764. The lowest BCUT2D eigenvalue weighted by Crippen LogP contribution is -2.35. The van der Waals surface area contributed by atoms with Gasteiger partial charge in [0.15, 0.2) is 17.3 Å². The lowest BCUT2D eigenvalue weighted by Gasteiger charge is -2.16. The second-order valence-electron chi connectivity index (χ2n) is 5.47. The predicted molar refractivity (Wildman–Crippen MR) is 86.9 cm³/mol. The zero-order valence-electron chi connectivity index (χ0n) is 14.2. The normalized spacial score (nSPS) is 14.8. The topological polar surface area (TPSA) is 85.3 Å². The Morgan fingerprint density at radius 2 is 1.75 bits per heavy atom. The first kappa shape index (κ1) is 17.8. The largest absolute Gasteiger partial charge is 0.502 e. The summed E-state index contributed by atoms with van der Waals surface area (Å²) in [6, 6.07) is 4.74. The minimum atomic E-state index is -0.725. The molecule has 0 saturated carbocycles. The Morgan fingerprint density at radius 1 is 1.08 bits per heavy atom. The summed E-state index contributed by atoms with van der Waals surface area (Å²) in [5.74, 6) is -0.969. The Kier molecular flexibility index (Phi) is 5.46. The maximum absolute atomic E-state index is 12.5. The van der Waals surface area contributed by atoms with E-state index in [-0.39, 0.29) is 24.8 Å². The van der Waals surface area contributed by atoms with Crippen LogP contribution in [0.15, 0.2) is 24.0 Å². The van der Waals surface area contributed by atoms with Gasteiger partial charge in [0.1, 0.15) is 0 Å². The number of rotatable bonds is 7. The van der Waals surface area contributed by atoms with E-state index in [2.05, 4.69) is 0 Å². The Hall–Kier alpha value is -2.54. The third-order valence-electron chi connectivity index (χ3n) is 3.58. The number of aliphatic hydroxyl groups is 1. The van der Waals surface area contributed by atoms with E-state index in [9.17, 15) is 14.7 Å². The van der Waals surface area contributed by atoms with E-state index in [1.54, 1.807) is 18.2 Å². The van der Waals surface area contributed by atoms with Crippen molar-refractivity contribution in [3.8, 4) is 11.5 Å². The highest BCUT2D eigenvalue weighted by atomic mass is 16.5. The van der Waals surface area contributed by atoms with Crippen LogP contribution in [-0.2, 0) is 14.3 Å². The first-order valence-corrected chi connectivity index (χ1v) is 7.54. The maximum Gasteiger partial charge on any atom is 0.296 e. The molecule has 130 valence electrons. The summed E-state index contributed by atoms with van der Waals surface area (Å²) in [7, 11) is 2.96. The number of carbonyl (C=O) groups is 2. The molecule has 1 heterocycles. The maximum atomic E-state index is 12.5. The number of ether oxygens (including phenoxy) is 3. The van der Waals surface area contributed by atoms with Crippen molar-refractivity contribution in [2.75, 3.05) is 27.4 Å². The number of benzene rings is 1. The first-order valence-electron chi connectivity index (χ1n) is 7.54. The molecule has 1 aliphatic rings. The zero-order valence-corrected chi connectivity index (χ0v) is 14.2. The number of amides is 2. The van der Waals surface area contributed by atoms with Gasteiger partial charge in [0.2, 0.25) is 0 Å². The van der Waals surface area contributed by atoms with Gasteiger partial charge in [-0.2, -0.15) is 0 Å². The Bertz CT molecular complexity index is 680. The van der Waals surface area contributed by atoms with Crippen LogP contribution in [0.25, 0.3) is 5.57 Å². The zero-order chi connectivity index (χ0) is 17.9. The average molecular weight is 335 g/mol. The van der Waals surface area contributed by atoms with Gasteiger partial charge < -0.3 is 19.3 Å². The lowest BCUT2D eigenvalue weighted by molar-refractivity contribution is -0.139. The highest BCUT2D eigenvalue weighted by Crippen LogP contribution is 2.34. The van der Waals surface area contributed by atoms with Crippen LogP contribution in [-0.4, -0.2) is 55.3 Å². The number of hydrogen-bond acceptors (Lipinski definition) is 6. The smallest absolute Gasteiger partial charge is 0.296 e. The van der Waals surface area contributed by atoms with E-state index in [4.69, 9.17) is 14.2 Å². The minimum Gasteiger partial charge on any atom is -0.502 e. The van der Waals surface area contributed by atoms with Gasteiger partial charge >= 0.3 is 0 Å². The molecule has 0 fully saturated rings. The molecule has 0 spiro atoms. The molecule has 0 atom stereocenters. The molecule has 7 nitrogen and oxygen atoms in total. The highest BCUT2D eigenvalue weighted by Gasteiger charge is 2.39. The standard InChI is InChI=1S/C17H21NO6/c1-10(2)24-8-7-18-16(20)14(15(19)17(18)21)11-5-6-12(22-3)13(9-11)23-4/h5-6,9-10,19H,7-8H2,1-4H3. The molecular formula is C17H21NO6. The summed E-state index contributed by atoms with van der Waals surface area (Å²) in [6.45, 7) is 4.01. The van der Waals surface area contributed by atoms with Crippen LogP contribution in [0, 0.1) is 0 Å². The second-order valence-corrected chi connectivity index (χ2v) is 5.47. The van der Waals surface area contributed by atoms with Gasteiger partial charge in [0, 0.05) is 0 Å².